The normalized spacial score (nSPS) is 16.1. The molecule has 0 atom stereocenters. The van der Waals surface area contributed by atoms with Crippen LogP contribution >= 0.6 is 0 Å². The standard InChI is InChI=1S/C14H19N/c1-11-5-3-6-13(12(11)2)7-4-10-15-14-8-9-14/h3-7,14-15H,8-10H2,1-2H3. The van der Waals surface area contributed by atoms with Crippen LogP contribution in [0.4, 0.5) is 0 Å². The van der Waals surface area contributed by atoms with Crippen molar-refractivity contribution in [2.75, 3.05) is 6.54 Å². The largest absolute Gasteiger partial charge is 0.311 e. The Morgan fingerprint density at radius 2 is 2.13 bits per heavy atom. The molecule has 0 heterocycles. The van der Waals surface area contributed by atoms with E-state index in [1.807, 2.05) is 0 Å². The quantitative estimate of drug-likeness (QED) is 0.789. The average Bonchev–Trinajstić information content (AvgIpc) is 3.02. The predicted octanol–water partition coefficient (Wildman–Crippen LogP) is 3.07. The maximum atomic E-state index is 3.47. The van der Waals surface area contributed by atoms with E-state index in [0.717, 1.165) is 12.6 Å². The lowest BCUT2D eigenvalue weighted by Gasteiger charge is -2.03. The summed E-state index contributed by atoms with van der Waals surface area (Å²) in [5.74, 6) is 0. The van der Waals surface area contributed by atoms with Crippen molar-refractivity contribution < 1.29 is 0 Å². The molecule has 1 aromatic rings. The number of hydrogen-bond acceptors (Lipinski definition) is 1. The molecule has 80 valence electrons. The summed E-state index contributed by atoms with van der Waals surface area (Å²) in [7, 11) is 0. The first kappa shape index (κ1) is 10.4. The van der Waals surface area contributed by atoms with Crippen LogP contribution in [-0.4, -0.2) is 12.6 Å². The molecule has 2 rings (SSSR count). The molecular weight excluding hydrogens is 182 g/mol. The van der Waals surface area contributed by atoms with Crippen molar-refractivity contribution in [3.63, 3.8) is 0 Å². The van der Waals surface area contributed by atoms with Crippen molar-refractivity contribution in [2.24, 2.45) is 0 Å². The molecule has 0 spiro atoms. The molecule has 1 N–H and O–H groups in total. The van der Waals surface area contributed by atoms with Crippen LogP contribution in [0.25, 0.3) is 6.08 Å². The van der Waals surface area contributed by atoms with Crippen LogP contribution in [0.1, 0.15) is 29.5 Å². The maximum absolute atomic E-state index is 3.47. The molecule has 0 unspecified atom stereocenters. The van der Waals surface area contributed by atoms with E-state index >= 15 is 0 Å². The van der Waals surface area contributed by atoms with Gasteiger partial charge in [0, 0.05) is 12.6 Å². The monoisotopic (exact) mass is 201 g/mol. The van der Waals surface area contributed by atoms with Crippen molar-refractivity contribution >= 4 is 6.08 Å². The molecule has 0 radical (unpaired) electrons. The minimum Gasteiger partial charge on any atom is -0.311 e. The zero-order valence-corrected chi connectivity index (χ0v) is 9.59. The first-order valence-electron chi connectivity index (χ1n) is 5.73. The number of nitrogens with one attached hydrogen (secondary N) is 1. The lowest BCUT2D eigenvalue weighted by atomic mass is 10.0. The van der Waals surface area contributed by atoms with Crippen LogP contribution < -0.4 is 5.32 Å². The molecule has 0 aromatic heterocycles. The van der Waals surface area contributed by atoms with E-state index in [1.54, 1.807) is 0 Å². The predicted molar refractivity (Wildman–Crippen MR) is 66.0 cm³/mol. The zero-order valence-electron chi connectivity index (χ0n) is 9.59. The topological polar surface area (TPSA) is 12.0 Å². The zero-order chi connectivity index (χ0) is 10.7. The van der Waals surface area contributed by atoms with E-state index in [9.17, 15) is 0 Å². The third-order valence-corrected chi connectivity index (χ3v) is 3.05. The third-order valence-electron chi connectivity index (χ3n) is 3.05. The second kappa shape index (κ2) is 4.63. The second-order valence-electron chi connectivity index (χ2n) is 4.37. The molecule has 1 aromatic carbocycles. The lowest BCUT2D eigenvalue weighted by molar-refractivity contribution is 0.754. The van der Waals surface area contributed by atoms with Gasteiger partial charge in [-0.15, -0.1) is 0 Å². The molecular formula is C14H19N. The fraction of sp³-hybridized carbons (Fsp3) is 0.429. The van der Waals surface area contributed by atoms with E-state index in [1.165, 1.54) is 29.5 Å². The minimum atomic E-state index is 0.799. The van der Waals surface area contributed by atoms with Gasteiger partial charge in [-0.25, -0.2) is 0 Å². The fourth-order valence-corrected chi connectivity index (χ4v) is 1.66. The highest BCUT2D eigenvalue weighted by atomic mass is 14.9. The van der Waals surface area contributed by atoms with Crippen LogP contribution in [-0.2, 0) is 0 Å². The Labute approximate surface area is 92.2 Å². The Hall–Kier alpha value is -1.08. The highest BCUT2D eigenvalue weighted by Gasteiger charge is 2.18. The Morgan fingerprint density at radius 1 is 1.33 bits per heavy atom. The molecule has 15 heavy (non-hydrogen) atoms. The number of rotatable bonds is 4. The van der Waals surface area contributed by atoms with Crippen molar-refractivity contribution in [3.8, 4) is 0 Å². The highest BCUT2D eigenvalue weighted by Crippen LogP contribution is 2.18. The van der Waals surface area contributed by atoms with E-state index < -0.39 is 0 Å². The van der Waals surface area contributed by atoms with Gasteiger partial charge in [0.2, 0.25) is 0 Å². The van der Waals surface area contributed by atoms with Gasteiger partial charge in [-0.05, 0) is 43.4 Å². The van der Waals surface area contributed by atoms with Crippen LogP contribution in [0, 0.1) is 13.8 Å². The first-order chi connectivity index (χ1) is 7.27. The van der Waals surface area contributed by atoms with Gasteiger partial charge in [0.15, 0.2) is 0 Å². The van der Waals surface area contributed by atoms with Gasteiger partial charge in [-0.3, -0.25) is 0 Å². The Bertz CT molecular complexity index is 362. The van der Waals surface area contributed by atoms with E-state index in [4.69, 9.17) is 0 Å². The summed E-state index contributed by atoms with van der Waals surface area (Å²) in [6, 6.07) is 7.26. The molecule has 1 nitrogen and oxygen atoms in total. The molecule has 0 aliphatic heterocycles. The summed E-state index contributed by atoms with van der Waals surface area (Å²) in [5.41, 5.74) is 4.10. The summed E-state index contributed by atoms with van der Waals surface area (Å²) in [5, 5.41) is 3.47. The molecule has 1 saturated carbocycles. The molecule has 1 heteroatoms. The fourth-order valence-electron chi connectivity index (χ4n) is 1.66. The van der Waals surface area contributed by atoms with Crippen LogP contribution in [0.5, 0.6) is 0 Å². The van der Waals surface area contributed by atoms with Crippen molar-refractivity contribution in [2.45, 2.75) is 32.7 Å². The van der Waals surface area contributed by atoms with Gasteiger partial charge in [-0.1, -0.05) is 30.4 Å². The Morgan fingerprint density at radius 3 is 2.87 bits per heavy atom. The highest BCUT2D eigenvalue weighted by molar-refractivity contribution is 5.55. The molecule has 0 amide bonds. The van der Waals surface area contributed by atoms with Crippen LogP contribution in [0.3, 0.4) is 0 Å². The summed E-state index contributed by atoms with van der Waals surface area (Å²) in [6.45, 7) is 5.34. The van der Waals surface area contributed by atoms with E-state index in [0.29, 0.717) is 0 Å². The molecule has 0 bridgehead atoms. The number of hydrogen-bond donors (Lipinski definition) is 1. The summed E-state index contributed by atoms with van der Waals surface area (Å²) in [4.78, 5) is 0. The van der Waals surface area contributed by atoms with Crippen LogP contribution in [0.2, 0.25) is 0 Å². The minimum absolute atomic E-state index is 0.799. The Balaban J connectivity index is 1.93. The van der Waals surface area contributed by atoms with Gasteiger partial charge in [0.1, 0.15) is 0 Å². The SMILES string of the molecule is Cc1cccc(C=CCNC2CC2)c1C. The van der Waals surface area contributed by atoms with Gasteiger partial charge in [0.05, 0.1) is 0 Å². The van der Waals surface area contributed by atoms with Gasteiger partial charge < -0.3 is 5.32 Å². The van der Waals surface area contributed by atoms with Gasteiger partial charge in [0.25, 0.3) is 0 Å². The van der Waals surface area contributed by atoms with Crippen LogP contribution in [0.15, 0.2) is 24.3 Å². The lowest BCUT2D eigenvalue weighted by Crippen LogP contribution is -2.15. The van der Waals surface area contributed by atoms with Crippen molar-refractivity contribution in [1.29, 1.82) is 0 Å². The Kier molecular flexibility index (Phi) is 3.22. The summed E-state index contributed by atoms with van der Waals surface area (Å²) < 4.78 is 0. The van der Waals surface area contributed by atoms with Crippen molar-refractivity contribution in [3.05, 3.63) is 41.0 Å². The second-order valence-corrected chi connectivity index (χ2v) is 4.37. The molecule has 1 aliphatic carbocycles. The summed E-state index contributed by atoms with van der Waals surface area (Å²) >= 11 is 0. The van der Waals surface area contributed by atoms with E-state index in [-0.39, 0.29) is 0 Å². The maximum Gasteiger partial charge on any atom is 0.0140 e. The number of aryl methyl sites for hydroxylation is 1. The average molecular weight is 201 g/mol. The number of benzene rings is 1. The molecule has 1 fully saturated rings. The van der Waals surface area contributed by atoms with Gasteiger partial charge in [-0.2, -0.15) is 0 Å². The first-order valence-corrected chi connectivity index (χ1v) is 5.73. The van der Waals surface area contributed by atoms with E-state index in [2.05, 4.69) is 49.5 Å². The molecule has 1 aliphatic rings. The summed E-state index contributed by atoms with van der Waals surface area (Å²) in [6.07, 6.45) is 7.16. The van der Waals surface area contributed by atoms with Crippen molar-refractivity contribution in [1.82, 2.24) is 5.32 Å². The smallest absolute Gasteiger partial charge is 0.0140 e. The van der Waals surface area contributed by atoms with Gasteiger partial charge >= 0.3 is 0 Å². The third kappa shape index (κ3) is 2.93. The molecule has 0 saturated heterocycles.